The number of nitrogen functional groups attached to an aromatic ring is 1. The van der Waals surface area contributed by atoms with E-state index in [1.54, 1.807) is 0 Å². The zero-order chi connectivity index (χ0) is 8.39. The first-order valence-electron chi connectivity index (χ1n) is 4.08. The largest absolute Gasteiger partial charge is 0.398 e. The van der Waals surface area contributed by atoms with Crippen LogP contribution in [-0.4, -0.2) is 18.3 Å². The molecule has 3 heteroatoms. The van der Waals surface area contributed by atoms with Crippen LogP contribution in [0, 0.1) is 0 Å². The number of rotatable bonds is 2. The highest BCUT2D eigenvalue weighted by molar-refractivity contribution is 8.00. The summed E-state index contributed by atoms with van der Waals surface area (Å²) in [7, 11) is 0. The number of hydrogen-bond donors (Lipinski definition) is 2. The van der Waals surface area contributed by atoms with E-state index in [0.717, 1.165) is 24.0 Å². The molecule has 1 aromatic carbocycles. The van der Waals surface area contributed by atoms with E-state index < -0.39 is 0 Å². The number of benzene rings is 1. The summed E-state index contributed by atoms with van der Waals surface area (Å²) in [6.45, 7) is 2.22. The molecule has 3 N–H and O–H groups in total. The van der Waals surface area contributed by atoms with Gasteiger partial charge in [-0.05, 0) is 12.1 Å². The quantitative estimate of drug-likeness (QED) is 0.674. The van der Waals surface area contributed by atoms with Crippen molar-refractivity contribution in [1.29, 1.82) is 0 Å². The summed E-state index contributed by atoms with van der Waals surface area (Å²) in [5, 5.41) is 3.96. The number of hydrogen-bond acceptors (Lipinski definition) is 3. The van der Waals surface area contributed by atoms with Crippen molar-refractivity contribution in [2.24, 2.45) is 0 Å². The Hall–Kier alpha value is -0.670. The number of nitrogens with two attached hydrogens (primary N) is 1. The summed E-state index contributed by atoms with van der Waals surface area (Å²) in [4.78, 5) is 1.21. The summed E-state index contributed by atoms with van der Waals surface area (Å²) < 4.78 is 0. The van der Waals surface area contributed by atoms with E-state index in [4.69, 9.17) is 5.73 Å². The average Bonchev–Trinajstić information content (AvgIpc) is 2.00. The summed E-state index contributed by atoms with van der Waals surface area (Å²) in [5.74, 6) is 0. The van der Waals surface area contributed by atoms with Crippen molar-refractivity contribution in [3.05, 3.63) is 24.3 Å². The van der Waals surface area contributed by atoms with Gasteiger partial charge in [0.1, 0.15) is 0 Å². The van der Waals surface area contributed by atoms with Crippen LogP contribution < -0.4 is 11.1 Å². The number of para-hydroxylation sites is 1. The van der Waals surface area contributed by atoms with Crippen LogP contribution in [0.2, 0.25) is 0 Å². The molecule has 1 aliphatic heterocycles. The molecule has 0 amide bonds. The molecule has 1 fully saturated rings. The van der Waals surface area contributed by atoms with Crippen molar-refractivity contribution in [3.63, 3.8) is 0 Å². The molecular formula is C9H12N2S. The molecule has 0 aromatic heterocycles. The topological polar surface area (TPSA) is 38.0 Å². The molecule has 1 aliphatic rings. The molecule has 0 aliphatic carbocycles. The van der Waals surface area contributed by atoms with Gasteiger partial charge >= 0.3 is 0 Å². The monoisotopic (exact) mass is 180 g/mol. The molecule has 0 saturated carbocycles. The third-order valence-corrected chi connectivity index (χ3v) is 3.25. The molecule has 64 valence electrons. The van der Waals surface area contributed by atoms with E-state index in [0.29, 0.717) is 0 Å². The lowest BCUT2D eigenvalue weighted by Crippen LogP contribution is -2.44. The summed E-state index contributed by atoms with van der Waals surface area (Å²) in [6, 6.07) is 8.04. The van der Waals surface area contributed by atoms with Crippen molar-refractivity contribution in [1.82, 2.24) is 5.32 Å². The molecule has 0 atom stereocenters. The Balaban J connectivity index is 2.06. The van der Waals surface area contributed by atoms with Gasteiger partial charge in [-0.25, -0.2) is 0 Å². The lowest BCUT2D eigenvalue weighted by molar-refractivity contribution is 0.544. The standard InChI is InChI=1S/C9H12N2S/c10-8-3-1-2-4-9(8)12-7-5-11-6-7/h1-4,7,11H,5-6,10H2. The first-order valence-corrected chi connectivity index (χ1v) is 4.96. The van der Waals surface area contributed by atoms with Crippen LogP contribution in [-0.2, 0) is 0 Å². The Labute approximate surface area is 76.5 Å². The van der Waals surface area contributed by atoms with Crippen LogP contribution in [0.15, 0.2) is 29.2 Å². The maximum atomic E-state index is 5.81. The fourth-order valence-electron chi connectivity index (χ4n) is 1.11. The van der Waals surface area contributed by atoms with Crippen molar-refractivity contribution in [2.45, 2.75) is 10.1 Å². The van der Waals surface area contributed by atoms with Gasteiger partial charge in [-0.1, -0.05) is 12.1 Å². The van der Waals surface area contributed by atoms with E-state index in [9.17, 15) is 0 Å². The maximum absolute atomic E-state index is 5.81. The number of nitrogens with one attached hydrogen (secondary N) is 1. The second-order valence-corrected chi connectivity index (χ2v) is 4.28. The number of anilines is 1. The molecule has 1 heterocycles. The lowest BCUT2D eigenvalue weighted by Gasteiger charge is -2.26. The van der Waals surface area contributed by atoms with Crippen LogP contribution in [0.5, 0.6) is 0 Å². The minimum atomic E-state index is 0.717. The summed E-state index contributed by atoms with van der Waals surface area (Å²) in [5.41, 5.74) is 6.70. The highest BCUT2D eigenvalue weighted by atomic mass is 32.2. The molecule has 0 bridgehead atoms. The highest BCUT2D eigenvalue weighted by Crippen LogP contribution is 2.29. The predicted molar refractivity (Wildman–Crippen MR) is 53.4 cm³/mol. The highest BCUT2D eigenvalue weighted by Gasteiger charge is 2.18. The predicted octanol–water partition coefficient (Wildman–Crippen LogP) is 1.33. The Kier molecular flexibility index (Phi) is 2.23. The second kappa shape index (κ2) is 3.37. The maximum Gasteiger partial charge on any atom is 0.0452 e. The minimum Gasteiger partial charge on any atom is -0.398 e. The van der Waals surface area contributed by atoms with Crippen LogP contribution >= 0.6 is 11.8 Å². The Morgan fingerprint density at radius 1 is 1.33 bits per heavy atom. The van der Waals surface area contributed by atoms with Gasteiger partial charge in [0.05, 0.1) is 0 Å². The van der Waals surface area contributed by atoms with Crippen LogP contribution in [0.1, 0.15) is 0 Å². The first kappa shape index (κ1) is 7.95. The van der Waals surface area contributed by atoms with Gasteiger partial charge in [0, 0.05) is 28.9 Å². The third-order valence-electron chi connectivity index (χ3n) is 1.96. The van der Waals surface area contributed by atoms with Gasteiger partial charge in [0.2, 0.25) is 0 Å². The third kappa shape index (κ3) is 1.57. The van der Waals surface area contributed by atoms with Gasteiger partial charge in [-0.2, -0.15) is 0 Å². The van der Waals surface area contributed by atoms with E-state index in [1.807, 2.05) is 30.0 Å². The Morgan fingerprint density at radius 3 is 2.67 bits per heavy atom. The summed E-state index contributed by atoms with van der Waals surface area (Å²) in [6.07, 6.45) is 0. The van der Waals surface area contributed by atoms with Crippen molar-refractivity contribution < 1.29 is 0 Å². The number of thioether (sulfide) groups is 1. The Bertz CT molecular complexity index is 271. The van der Waals surface area contributed by atoms with E-state index in [2.05, 4.69) is 11.4 Å². The molecule has 0 radical (unpaired) electrons. The molecule has 1 aromatic rings. The van der Waals surface area contributed by atoms with Gasteiger partial charge in [0.15, 0.2) is 0 Å². The zero-order valence-corrected chi connectivity index (χ0v) is 7.60. The van der Waals surface area contributed by atoms with Crippen molar-refractivity contribution in [2.75, 3.05) is 18.8 Å². The lowest BCUT2D eigenvalue weighted by atomic mass is 10.3. The first-order chi connectivity index (χ1) is 5.86. The molecule has 12 heavy (non-hydrogen) atoms. The molecule has 0 unspecified atom stereocenters. The van der Waals surface area contributed by atoms with Crippen LogP contribution in [0.3, 0.4) is 0 Å². The van der Waals surface area contributed by atoms with Crippen LogP contribution in [0.4, 0.5) is 5.69 Å². The minimum absolute atomic E-state index is 0.717. The molecule has 1 saturated heterocycles. The van der Waals surface area contributed by atoms with Crippen LogP contribution in [0.25, 0.3) is 0 Å². The molecule has 2 nitrogen and oxygen atoms in total. The van der Waals surface area contributed by atoms with Gasteiger partial charge < -0.3 is 11.1 Å². The fraction of sp³-hybridized carbons (Fsp3) is 0.333. The zero-order valence-electron chi connectivity index (χ0n) is 6.79. The Morgan fingerprint density at radius 2 is 2.08 bits per heavy atom. The van der Waals surface area contributed by atoms with E-state index in [1.165, 1.54) is 4.90 Å². The molecule has 2 rings (SSSR count). The van der Waals surface area contributed by atoms with Gasteiger partial charge in [-0.15, -0.1) is 11.8 Å². The SMILES string of the molecule is Nc1ccccc1SC1CNC1. The molecule has 0 spiro atoms. The van der Waals surface area contributed by atoms with E-state index >= 15 is 0 Å². The van der Waals surface area contributed by atoms with Crippen molar-refractivity contribution in [3.8, 4) is 0 Å². The normalized spacial score (nSPS) is 17.3. The smallest absolute Gasteiger partial charge is 0.0452 e. The second-order valence-electron chi connectivity index (χ2n) is 2.94. The summed E-state index contributed by atoms with van der Waals surface area (Å²) >= 11 is 1.87. The van der Waals surface area contributed by atoms with Crippen molar-refractivity contribution >= 4 is 17.4 Å². The van der Waals surface area contributed by atoms with E-state index in [-0.39, 0.29) is 0 Å². The van der Waals surface area contributed by atoms with Gasteiger partial charge in [0.25, 0.3) is 0 Å². The fourth-order valence-corrected chi connectivity index (χ4v) is 2.24. The average molecular weight is 180 g/mol. The van der Waals surface area contributed by atoms with Gasteiger partial charge in [-0.3, -0.25) is 0 Å². The molecular weight excluding hydrogens is 168 g/mol.